The van der Waals surface area contributed by atoms with E-state index in [1.807, 2.05) is 6.92 Å². The van der Waals surface area contributed by atoms with E-state index in [0.29, 0.717) is 6.54 Å². The van der Waals surface area contributed by atoms with Crippen LogP contribution in [-0.2, 0) is 15.4 Å². The zero-order valence-electron chi connectivity index (χ0n) is 5.66. The molecular weight excluding hydrogens is 138 g/mol. The number of nitrogens with zero attached hydrogens (tertiary/aromatic N) is 1. The zero-order chi connectivity index (χ0) is 7.28. The van der Waals surface area contributed by atoms with Crippen molar-refractivity contribution in [2.24, 2.45) is 0 Å². The summed E-state index contributed by atoms with van der Waals surface area (Å²) in [6.45, 7) is 2.56. The average molecular weight is 149 g/mol. The molecule has 0 heterocycles. The first-order valence-corrected chi connectivity index (χ1v) is 4.19. The molecule has 0 N–H and O–H groups in total. The van der Waals surface area contributed by atoms with Gasteiger partial charge in [0.1, 0.15) is 0 Å². The average Bonchev–Trinajstić information content (AvgIpc) is 1.63. The van der Waals surface area contributed by atoms with Crippen molar-refractivity contribution < 1.29 is 8.49 Å². The molecular formula is C5H11NO2S. The molecule has 0 aromatic carbocycles. The van der Waals surface area contributed by atoms with Gasteiger partial charge in [-0.05, 0) is 6.42 Å². The lowest BCUT2D eigenvalue weighted by atomic mass is 10.5. The highest BCUT2D eigenvalue weighted by Gasteiger charge is 1.97. The third-order valence-electron chi connectivity index (χ3n) is 0.645. The fraction of sp³-hybridized carbons (Fsp3) is 0.800. The molecule has 0 bridgehead atoms. The van der Waals surface area contributed by atoms with Gasteiger partial charge in [-0.2, -0.15) is 9.35 Å². The van der Waals surface area contributed by atoms with Crippen molar-refractivity contribution in [2.75, 3.05) is 12.8 Å². The molecule has 0 aliphatic heterocycles. The minimum atomic E-state index is -1.30. The number of hydrogen-bond donors (Lipinski definition) is 0. The minimum absolute atomic E-state index is 0.597. The molecule has 0 aliphatic carbocycles. The van der Waals surface area contributed by atoms with Gasteiger partial charge in [0.2, 0.25) is 0 Å². The van der Waals surface area contributed by atoms with Crippen molar-refractivity contribution >= 4 is 11.1 Å². The van der Waals surface area contributed by atoms with Gasteiger partial charge in [-0.25, -0.2) is 4.21 Å². The summed E-state index contributed by atoms with van der Waals surface area (Å²) < 4.78 is 14.9. The van der Waals surface area contributed by atoms with Crippen molar-refractivity contribution in [3.63, 3.8) is 0 Å². The summed E-state index contributed by atoms with van der Waals surface area (Å²) in [5.41, 5.74) is 0. The molecule has 9 heavy (non-hydrogen) atoms. The highest BCUT2D eigenvalue weighted by molar-refractivity contribution is 7.79. The van der Waals surface area contributed by atoms with Crippen LogP contribution in [0.15, 0.2) is 0 Å². The molecule has 3 nitrogen and oxygen atoms in total. The van der Waals surface area contributed by atoms with Crippen LogP contribution in [-0.4, -0.2) is 22.1 Å². The van der Waals surface area contributed by atoms with Gasteiger partial charge in [0, 0.05) is 12.8 Å². The van der Waals surface area contributed by atoms with Crippen molar-refractivity contribution in [2.45, 2.75) is 13.3 Å². The molecule has 0 spiro atoms. The second-order valence-corrected chi connectivity index (χ2v) is 2.57. The Morgan fingerprint density at radius 1 is 1.78 bits per heavy atom. The van der Waals surface area contributed by atoms with Crippen LogP contribution in [0.5, 0.6) is 0 Å². The highest BCUT2D eigenvalue weighted by Crippen LogP contribution is 1.91. The van der Waals surface area contributed by atoms with Gasteiger partial charge >= 0.3 is 0 Å². The zero-order valence-corrected chi connectivity index (χ0v) is 6.48. The number of rotatable bonds is 4. The van der Waals surface area contributed by atoms with Crippen LogP contribution in [0, 0.1) is 7.05 Å². The highest BCUT2D eigenvalue weighted by atomic mass is 32.2. The Morgan fingerprint density at radius 3 is 2.67 bits per heavy atom. The summed E-state index contributed by atoms with van der Waals surface area (Å²) >= 11 is -1.30. The Hall–Kier alpha value is 0.0700. The molecule has 0 fully saturated rings. The van der Waals surface area contributed by atoms with E-state index in [2.05, 4.69) is 4.28 Å². The van der Waals surface area contributed by atoms with E-state index in [9.17, 15) is 4.21 Å². The first kappa shape index (κ1) is 9.07. The van der Waals surface area contributed by atoms with Crippen LogP contribution < -0.4 is 0 Å². The van der Waals surface area contributed by atoms with Gasteiger partial charge in [0.15, 0.2) is 11.1 Å². The molecule has 4 heteroatoms. The van der Waals surface area contributed by atoms with E-state index < -0.39 is 11.1 Å². The lowest BCUT2D eigenvalue weighted by Crippen LogP contribution is -2.17. The van der Waals surface area contributed by atoms with E-state index in [-0.39, 0.29) is 0 Å². The van der Waals surface area contributed by atoms with Gasteiger partial charge in [-0.1, -0.05) is 6.92 Å². The van der Waals surface area contributed by atoms with Crippen molar-refractivity contribution in [1.29, 1.82) is 0 Å². The van der Waals surface area contributed by atoms with Crippen molar-refractivity contribution in [1.82, 2.24) is 5.06 Å². The number of hydroxylamine groups is 2. The van der Waals surface area contributed by atoms with Crippen LogP contribution in [0.1, 0.15) is 13.3 Å². The van der Waals surface area contributed by atoms with E-state index in [1.165, 1.54) is 6.26 Å². The van der Waals surface area contributed by atoms with Gasteiger partial charge < -0.3 is 0 Å². The smallest absolute Gasteiger partial charge is 0.170 e. The molecule has 2 radical (unpaired) electrons. The fourth-order valence-corrected chi connectivity index (χ4v) is 0.737. The standard InChI is InChI=1S/C5H11NO2S/c1-4-5-6(2)8-9(3)7/h2H,4-5H2,1,3H3. The van der Waals surface area contributed by atoms with Gasteiger partial charge in [0.05, 0.1) is 7.05 Å². The minimum Gasteiger partial charge on any atom is -0.228 e. The molecule has 54 valence electrons. The summed E-state index contributed by atoms with van der Waals surface area (Å²) in [7, 11) is 5.20. The second-order valence-electron chi connectivity index (χ2n) is 1.62. The first-order valence-electron chi connectivity index (χ1n) is 2.71. The summed E-state index contributed by atoms with van der Waals surface area (Å²) in [5.74, 6) is 0. The lowest BCUT2D eigenvalue weighted by molar-refractivity contribution is 0.00624. The van der Waals surface area contributed by atoms with Crippen molar-refractivity contribution in [3.05, 3.63) is 7.05 Å². The molecule has 1 atom stereocenters. The van der Waals surface area contributed by atoms with Gasteiger partial charge in [0.25, 0.3) is 0 Å². The van der Waals surface area contributed by atoms with Gasteiger partial charge in [-0.15, -0.1) is 0 Å². The van der Waals surface area contributed by atoms with Crippen molar-refractivity contribution in [3.8, 4) is 0 Å². The Balaban J connectivity index is 3.26. The molecule has 0 saturated carbocycles. The molecule has 0 aromatic rings. The molecule has 0 rings (SSSR count). The topological polar surface area (TPSA) is 29.5 Å². The SMILES string of the molecule is [CH]N(CCC)OS(C)=O. The van der Waals surface area contributed by atoms with E-state index in [0.717, 1.165) is 11.5 Å². The monoisotopic (exact) mass is 149 g/mol. The second kappa shape index (κ2) is 4.90. The Kier molecular flexibility index (Phi) is 4.94. The maximum atomic E-state index is 10.3. The molecule has 0 aliphatic rings. The van der Waals surface area contributed by atoms with Crippen LogP contribution in [0.25, 0.3) is 0 Å². The molecule has 0 saturated heterocycles. The maximum Gasteiger partial charge on any atom is 0.170 e. The van der Waals surface area contributed by atoms with E-state index >= 15 is 0 Å². The third kappa shape index (κ3) is 5.95. The first-order chi connectivity index (χ1) is 4.16. The Morgan fingerprint density at radius 2 is 2.33 bits per heavy atom. The Bertz CT molecular complexity index is 97.0. The predicted octanol–water partition coefficient (Wildman–Crippen LogP) is 0.592. The molecule has 0 aromatic heterocycles. The summed E-state index contributed by atoms with van der Waals surface area (Å²) in [4.78, 5) is 0. The number of hydrogen-bond acceptors (Lipinski definition) is 3. The normalized spacial score (nSPS) is 14.2. The third-order valence-corrected chi connectivity index (χ3v) is 1.05. The Labute approximate surface area is 58.6 Å². The van der Waals surface area contributed by atoms with Gasteiger partial charge in [-0.3, -0.25) is 0 Å². The summed E-state index contributed by atoms with van der Waals surface area (Å²) in [6.07, 6.45) is 2.31. The molecule has 0 amide bonds. The van der Waals surface area contributed by atoms with Crippen LogP contribution >= 0.6 is 0 Å². The van der Waals surface area contributed by atoms with Crippen LogP contribution in [0.2, 0.25) is 0 Å². The maximum absolute atomic E-state index is 10.3. The summed E-state index contributed by atoms with van der Waals surface area (Å²) in [5, 5.41) is 1.08. The van der Waals surface area contributed by atoms with E-state index in [4.69, 9.17) is 7.05 Å². The fourth-order valence-electron chi connectivity index (χ4n) is 0.392. The van der Waals surface area contributed by atoms with Crippen LogP contribution in [0.3, 0.4) is 0 Å². The van der Waals surface area contributed by atoms with E-state index in [1.54, 1.807) is 0 Å². The quantitative estimate of drug-likeness (QED) is 0.433. The lowest BCUT2D eigenvalue weighted by Gasteiger charge is -2.10. The van der Waals surface area contributed by atoms with Crippen LogP contribution in [0.4, 0.5) is 0 Å². The largest absolute Gasteiger partial charge is 0.228 e. The predicted molar refractivity (Wildman–Crippen MR) is 36.4 cm³/mol. The molecule has 1 unspecified atom stereocenters. The summed E-state index contributed by atoms with van der Waals surface area (Å²) in [6, 6.07) is 0.